The van der Waals surface area contributed by atoms with Gasteiger partial charge in [-0.2, -0.15) is 0 Å². The van der Waals surface area contributed by atoms with Crippen molar-refractivity contribution in [1.29, 1.82) is 0 Å². The number of fused-ring (bicyclic) bond motifs is 3. The average Bonchev–Trinajstić information content (AvgIpc) is 2.67. The van der Waals surface area contributed by atoms with Crippen molar-refractivity contribution in [2.45, 2.75) is 39.5 Å². The molecule has 0 radical (unpaired) electrons. The Morgan fingerprint density at radius 1 is 0.944 bits per heavy atom. The SMILES string of the molecule is Cc1cccc2c1Cc1cc(C(C)(C)C)ccc1-2. The Morgan fingerprint density at radius 3 is 2.44 bits per heavy atom. The summed E-state index contributed by atoms with van der Waals surface area (Å²) in [5.41, 5.74) is 8.96. The third-order valence-corrected chi connectivity index (χ3v) is 4.04. The maximum Gasteiger partial charge on any atom is -0.00107 e. The van der Waals surface area contributed by atoms with E-state index in [4.69, 9.17) is 0 Å². The summed E-state index contributed by atoms with van der Waals surface area (Å²) in [5, 5.41) is 0. The molecule has 1 aliphatic carbocycles. The molecule has 2 aromatic carbocycles. The summed E-state index contributed by atoms with van der Waals surface area (Å²) in [6.45, 7) is 9.06. The van der Waals surface area contributed by atoms with E-state index in [9.17, 15) is 0 Å². The molecule has 0 heteroatoms. The zero-order chi connectivity index (χ0) is 12.9. The highest BCUT2D eigenvalue weighted by Gasteiger charge is 2.22. The van der Waals surface area contributed by atoms with Crippen molar-refractivity contribution in [2.75, 3.05) is 0 Å². The van der Waals surface area contributed by atoms with E-state index in [0.717, 1.165) is 6.42 Å². The van der Waals surface area contributed by atoms with Gasteiger partial charge in [-0.15, -0.1) is 0 Å². The Bertz CT molecular complexity index is 612. The third-order valence-electron chi connectivity index (χ3n) is 4.04. The van der Waals surface area contributed by atoms with E-state index in [0.29, 0.717) is 0 Å². The molecular formula is C18H20. The third kappa shape index (κ3) is 1.68. The Kier molecular flexibility index (Phi) is 2.38. The molecule has 0 saturated carbocycles. The van der Waals surface area contributed by atoms with Crippen molar-refractivity contribution in [3.8, 4) is 11.1 Å². The van der Waals surface area contributed by atoms with E-state index in [-0.39, 0.29) is 5.41 Å². The predicted octanol–water partition coefficient (Wildman–Crippen LogP) is 4.86. The summed E-state index contributed by atoms with van der Waals surface area (Å²) < 4.78 is 0. The van der Waals surface area contributed by atoms with Gasteiger partial charge in [0.15, 0.2) is 0 Å². The van der Waals surface area contributed by atoms with Crippen LogP contribution in [0, 0.1) is 6.92 Å². The van der Waals surface area contributed by atoms with Crippen molar-refractivity contribution in [1.82, 2.24) is 0 Å². The van der Waals surface area contributed by atoms with Gasteiger partial charge in [-0.05, 0) is 52.1 Å². The number of rotatable bonds is 0. The molecule has 0 saturated heterocycles. The number of benzene rings is 2. The summed E-state index contributed by atoms with van der Waals surface area (Å²) in [7, 11) is 0. The zero-order valence-corrected chi connectivity index (χ0v) is 11.7. The van der Waals surface area contributed by atoms with Gasteiger partial charge in [0.2, 0.25) is 0 Å². The van der Waals surface area contributed by atoms with E-state index in [1.807, 2.05) is 0 Å². The molecule has 3 rings (SSSR count). The van der Waals surface area contributed by atoms with Gasteiger partial charge in [-0.1, -0.05) is 57.2 Å². The van der Waals surface area contributed by atoms with Crippen molar-refractivity contribution >= 4 is 0 Å². The fourth-order valence-corrected chi connectivity index (χ4v) is 2.85. The van der Waals surface area contributed by atoms with Crippen LogP contribution in [0.4, 0.5) is 0 Å². The molecule has 0 bridgehead atoms. The van der Waals surface area contributed by atoms with Crippen LogP contribution in [0.25, 0.3) is 11.1 Å². The van der Waals surface area contributed by atoms with E-state index in [1.54, 1.807) is 0 Å². The molecule has 0 heterocycles. The zero-order valence-electron chi connectivity index (χ0n) is 11.7. The Hall–Kier alpha value is -1.56. The van der Waals surface area contributed by atoms with Crippen LogP contribution < -0.4 is 0 Å². The lowest BCUT2D eigenvalue weighted by Crippen LogP contribution is -2.11. The standard InChI is InChI=1S/C18H20/c1-12-6-5-7-16-15-9-8-14(18(2,3)4)10-13(15)11-17(12)16/h5-10H,11H2,1-4H3. The molecule has 92 valence electrons. The van der Waals surface area contributed by atoms with Gasteiger partial charge < -0.3 is 0 Å². The molecular weight excluding hydrogens is 216 g/mol. The van der Waals surface area contributed by atoms with Crippen molar-refractivity contribution < 1.29 is 0 Å². The largest absolute Gasteiger partial charge is 0.0614 e. The van der Waals surface area contributed by atoms with E-state index in [1.165, 1.54) is 33.4 Å². The van der Waals surface area contributed by atoms with E-state index < -0.39 is 0 Å². The minimum atomic E-state index is 0.235. The molecule has 0 aromatic heterocycles. The lowest BCUT2D eigenvalue weighted by atomic mass is 9.85. The van der Waals surface area contributed by atoms with Gasteiger partial charge in [-0.25, -0.2) is 0 Å². The number of hydrogen-bond donors (Lipinski definition) is 0. The summed E-state index contributed by atoms with van der Waals surface area (Å²) >= 11 is 0. The van der Waals surface area contributed by atoms with Gasteiger partial charge in [0.05, 0.1) is 0 Å². The molecule has 0 fully saturated rings. The van der Waals surface area contributed by atoms with Gasteiger partial charge in [0, 0.05) is 0 Å². The lowest BCUT2D eigenvalue weighted by Gasteiger charge is -2.20. The van der Waals surface area contributed by atoms with Gasteiger partial charge >= 0.3 is 0 Å². The second kappa shape index (κ2) is 3.71. The summed E-state index contributed by atoms with van der Waals surface area (Å²) in [6, 6.07) is 13.6. The first-order valence-electron chi connectivity index (χ1n) is 6.69. The maximum absolute atomic E-state index is 2.40. The first kappa shape index (κ1) is 11.5. The summed E-state index contributed by atoms with van der Waals surface area (Å²) in [5.74, 6) is 0. The van der Waals surface area contributed by atoms with Crippen LogP contribution in [0.2, 0.25) is 0 Å². The van der Waals surface area contributed by atoms with Crippen LogP contribution in [-0.4, -0.2) is 0 Å². The highest BCUT2D eigenvalue weighted by atomic mass is 14.3. The van der Waals surface area contributed by atoms with Crippen molar-refractivity contribution in [3.63, 3.8) is 0 Å². The summed E-state index contributed by atoms with van der Waals surface area (Å²) in [6.07, 6.45) is 1.10. The molecule has 1 aliphatic rings. The molecule has 0 N–H and O–H groups in total. The Balaban J connectivity index is 2.15. The van der Waals surface area contributed by atoms with Crippen molar-refractivity contribution in [2.24, 2.45) is 0 Å². The topological polar surface area (TPSA) is 0 Å². The molecule has 0 nitrogen and oxygen atoms in total. The predicted molar refractivity (Wildman–Crippen MR) is 78.1 cm³/mol. The average molecular weight is 236 g/mol. The molecule has 0 amide bonds. The van der Waals surface area contributed by atoms with Crippen LogP contribution in [0.5, 0.6) is 0 Å². The second-order valence-electron chi connectivity index (χ2n) is 6.40. The first-order chi connectivity index (χ1) is 8.47. The second-order valence-corrected chi connectivity index (χ2v) is 6.40. The van der Waals surface area contributed by atoms with E-state index in [2.05, 4.69) is 64.1 Å². The van der Waals surface area contributed by atoms with Crippen LogP contribution in [-0.2, 0) is 11.8 Å². The Labute approximate surface area is 110 Å². The smallest absolute Gasteiger partial charge is 0.00107 e. The molecule has 0 aliphatic heterocycles. The van der Waals surface area contributed by atoms with Gasteiger partial charge in [0.25, 0.3) is 0 Å². The molecule has 0 spiro atoms. The fourth-order valence-electron chi connectivity index (χ4n) is 2.85. The summed E-state index contributed by atoms with van der Waals surface area (Å²) in [4.78, 5) is 0. The Morgan fingerprint density at radius 2 is 1.72 bits per heavy atom. The fraction of sp³-hybridized carbons (Fsp3) is 0.333. The normalized spacial score (nSPS) is 13.3. The number of aryl methyl sites for hydroxylation is 1. The minimum Gasteiger partial charge on any atom is -0.0614 e. The maximum atomic E-state index is 2.40. The quantitative estimate of drug-likeness (QED) is 0.522. The van der Waals surface area contributed by atoms with Gasteiger partial charge in [0.1, 0.15) is 0 Å². The minimum absolute atomic E-state index is 0.235. The first-order valence-corrected chi connectivity index (χ1v) is 6.69. The molecule has 18 heavy (non-hydrogen) atoms. The van der Waals surface area contributed by atoms with E-state index >= 15 is 0 Å². The van der Waals surface area contributed by atoms with Crippen LogP contribution in [0.1, 0.15) is 43.0 Å². The van der Waals surface area contributed by atoms with Crippen LogP contribution in [0.3, 0.4) is 0 Å². The van der Waals surface area contributed by atoms with Crippen LogP contribution >= 0.6 is 0 Å². The molecule has 0 atom stereocenters. The highest BCUT2D eigenvalue weighted by Crippen LogP contribution is 2.39. The molecule has 0 unspecified atom stereocenters. The van der Waals surface area contributed by atoms with Gasteiger partial charge in [-0.3, -0.25) is 0 Å². The number of hydrogen-bond acceptors (Lipinski definition) is 0. The van der Waals surface area contributed by atoms with Crippen LogP contribution in [0.15, 0.2) is 36.4 Å². The molecule has 2 aromatic rings. The highest BCUT2D eigenvalue weighted by molar-refractivity contribution is 5.78. The lowest BCUT2D eigenvalue weighted by molar-refractivity contribution is 0.590. The monoisotopic (exact) mass is 236 g/mol. The van der Waals surface area contributed by atoms with Crippen molar-refractivity contribution in [3.05, 3.63) is 58.7 Å².